The normalized spacial score (nSPS) is 15.4. The molecule has 0 atom stereocenters. The van der Waals surface area contributed by atoms with Gasteiger partial charge in [-0.2, -0.15) is 0 Å². The zero-order valence-electron chi connectivity index (χ0n) is 11.7. The van der Waals surface area contributed by atoms with Crippen molar-refractivity contribution >= 4 is 22.8 Å². The smallest absolute Gasteiger partial charge is 0.251 e. The SMILES string of the molecule is CC1=C(c2cc(C)cs2)c2ccccc2C(=O)NCC1. The Morgan fingerprint density at radius 1 is 1.15 bits per heavy atom. The maximum atomic E-state index is 12.2. The van der Waals surface area contributed by atoms with E-state index in [4.69, 9.17) is 0 Å². The van der Waals surface area contributed by atoms with Crippen molar-refractivity contribution in [3.8, 4) is 0 Å². The molecule has 1 aromatic carbocycles. The van der Waals surface area contributed by atoms with Crippen molar-refractivity contribution in [3.05, 3.63) is 62.9 Å². The van der Waals surface area contributed by atoms with Gasteiger partial charge in [-0.25, -0.2) is 0 Å². The molecule has 0 unspecified atom stereocenters. The van der Waals surface area contributed by atoms with Crippen molar-refractivity contribution in [2.45, 2.75) is 20.3 Å². The Labute approximate surface area is 123 Å². The zero-order chi connectivity index (χ0) is 14.1. The van der Waals surface area contributed by atoms with E-state index in [9.17, 15) is 4.79 Å². The number of nitrogens with one attached hydrogen (secondary N) is 1. The lowest BCUT2D eigenvalue weighted by Gasteiger charge is -2.19. The average Bonchev–Trinajstić information content (AvgIpc) is 2.84. The first-order valence-electron chi connectivity index (χ1n) is 6.79. The molecule has 2 heterocycles. The number of aryl methyl sites for hydroxylation is 1. The second-order valence-corrected chi connectivity index (χ2v) is 6.11. The van der Waals surface area contributed by atoms with E-state index in [0.717, 1.165) is 17.5 Å². The quantitative estimate of drug-likeness (QED) is 0.841. The number of hydrogen-bond acceptors (Lipinski definition) is 2. The molecule has 1 aliphatic heterocycles. The molecule has 2 aromatic rings. The van der Waals surface area contributed by atoms with Gasteiger partial charge in [-0.3, -0.25) is 4.79 Å². The Hall–Kier alpha value is -1.87. The number of fused-ring (bicyclic) bond motifs is 1. The topological polar surface area (TPSA) is 29.1 Å². The Morgan fingerprint density at radius 2 is 1.90 bits per heavy atom. The Kier molecular flexibility index (Phi) is 3.45. The second kappa shape index (κ2) is 5.25. The third-order valence-electron chi connectivity index (χ3n) is 3.63. The molecule has 0 bridgehead atoms. The van der Waals surface area contributed by atoms with Crippen LogP contribution < -0.4 is 5.32 Å². The van der Waals surface area contributed by atoms with Gasteiger partial charge >= 0.3 is 0 Å². The zero-order valence-corrected chi connectivity index (χ0v) is 12.5. The van der Waals surface area contributed by atoms with Gasteiger partial charge in [0.25, 0.3) is 5.91 Å². The van der Waals surface area contributed by atoms with Gasteiger partial charge in [0.15, 0.2) is 0 Å². The minimum absolute atomic E-state index is 0.0267. The molecule has 1 amide bonds. The number of carbonyl (C=O) groups is 1. The van der Waals surface area contributed by atoms with E-state index in [0.29, 0.717) is 6.54 Å². The Balaban J connectivity index is 2.25. The average molecular weight is 283 g/mol. The molecular formula is C17H17NOS. The number of benzene rings is 1. The summed E-state index contributed by atoms with van der Waals surface area (Å²) in [5.74, 6) is 0.0267. The van der Waals surface area contributed by atoms with Crippen molar-refractivity contribution in [2.24, 2.45) is 0 Å². The van der Waals surface area contributed by atoms with E-state index in [-0.39, 0.29) is 5.91 Å². The molecule has 0 saturated heterocycles. The highest BCUT2D eigenvalue weighted by molar-refractivity contribution is 7.11. The molecule has 0 fully saturated rings. The third-order valence-corrected chi connectivity index (χ3v) is 4.70. The molecule has 0 saturated carbocycles. The summed E-state index contributed by atoms with van der Waals surface area (Å²) in [4.78, 5) is 13.5. The summed E-state index contributed by atoms with van der Waals surface area (Å²) < 4.78 is 0. The molecule has 20 heavy (non-hydrogen) atoms. The number of amides is 1. The summed E-state index contributed by atoms with van der Waals surface area (Å²) >= 11 is 1.75. The summed E-state index contributed by atoms with van der Waals surface area (Å²) in [5.41, 5.74) is 5.65. The molecule has 1 aromatic heterocycles. The van der Waals surface area contributed by atoms with Crippen LogP contribution in [0, 0.1) is 6.92 Å². The lowest BCUT2D eigenvalue weighted by molar-refractivity contribution is 0.0953. The first-order valence-corrected chi connectivity index (χ1v) is 7.67. The van der Waals surface area contributed by atoms with Crippen LogP contribution in [0.5, 0.6) is 0 Å². The highest BCUT2D eigenvalue weighted by Gasteiger charge is 2.20. The minimum Gasteiger partial charge on any atom is -0.352 e. The fourth-order valence-electron chi connectivity index (χ4n) is 2.62. The predicted octanol–water partition coefficient (Wildman–Crippen LogP) is 4.01. The monoisotopic (exact) mass is 283 g/mol. The summed E-state index contributed by atoms with van der Waals surface area (Å²) in [6.45, 7) is 4.98. The first kappa shape index (κ1) is 13.1. The number of thiophene rings is 1. The van der Waals surface area contributed by atoms with Crippen LogP contribution in [0.4, 0.5) is 0 Å². The van der Waals surface area contributed by atoms with Crippen molar-refractivity contribution in [1.82, 2.24) is 5.32 Å². The van der Waals surface area contributed by atoms with Gasteiger partial charge in [-0.1, -0.05) is 23.8 Å². The summed E-state index contributed by atoms with van der Waals surface area (Å²) in [6.07, 6.45) is 0.895. The Bertz CT molecular complexity index is 697. The van der Waals surface area contributed by atoms with Crippen molar-refractivity contribution in [3.63, 3.8) is 0 Å². The molecular weight excluding hydrogens is 266 g/mol. The van der Waals surface area contributed by atoms with Crippen LogP contribution >= 0.6 is 11.3 Å². The van der Waals surface area contributed by atoms with Crippen molar-refractivity contribution in [1.29, 1.82) is 0 Å². The van der Waals surface area contributed by atoms with E-state index in [1.165, 1.54) is 21.6 Å². The van der Waals surface area contributed by atoms with E-state index in [2.05, 4.69) is 30.6 Å². The summed E-state index contributed by atoms with van der Waals surface area (Å²) in [5, 5.41) is 5.14. The van der Waals surface area contributed by atoms with Crippen molar-refractivity contribution in [2.75, 3.05) is 6.54 Å². The molecule has 3 heteroatoms. The van der Waals surface area contributed by atoms with Crippen LogP contribution in [0.3, 0.4) is 0 Å². The van der Waals surface area contributed by atoms with E-state index in [1.54, 1.807) is 11.3 Å². The standard InChI is InChI=1S/C17H17NOS/c1-11-9-15(20-10-11)16-12(2)7-8-18-17(19)14-6-4-3-5-13(14)16/h3-6,9-10H,7-8H2,1-2H3,(H,18,19). The molecule has 0 radical (unpaired) electrons. The van der Waals surface area contributed by atoms with Gasteiger partial charge in [-0.15, -0.1) is 11.3 Å². The Morgan fingerprint density at radius 3 is 2.60 bits per heavy atom. The fraction of sp³-hybridized carbons (Fsp3) is 0.235. The minimum atomic E-state index is 0.0267. The van der Waals surface area contributed by atoms with Crippen LogP contribution in [0.15, 0.2) is 41.3 Å². The van der Waals surface area contributed by atoms with Crippen LogP contribution in [-0.2, 0) is 0 Å². The second-order valence-electron chi connectivity index (χ2n) is 5.20. The predicted molar refractivity (Wildman–Crippen MR) is 84.1 cm³/mol. The number of hydrogen-bond donors (Lipinski definition) is 1. The highest BCUT2D eigenvalue weighted by Crippen LogP contribution is 2.35. The maximum absolute atomic E-state index is 12.2. The summed E-state index contributed by atoms with van der Waals surface area (Å²) in [6, 6.07) is 10.1. The fourth-order valence-corrected chi connectivity index (χ4v) is 3.66. The van der Waals surface area contributed by atoms with Gasteiger partial charge in [-0.05, 0) is 54.5 Å². The molecule has 0 aliphatic carbocycles. The van der Waals surface area contributed by atoms with Crippen LogP contribution in [0.25, 0.3) is 5.57 Å². The molecule has 0 spiro atoms. The third kappa shape index (κ3) is 2.29. The lowest BCUT2D eigenvalue weighted by Crippen LogP contribution is -2.27. The number of rotatable bonds is 1. The van der Waals surface area contributed by atoms with E-state index < -0.39 is 0 Å². The van der Waals surface area contributed by atoms with Gasteiger partial charge in [0.2, 0.25) is 0 Å². The molecule has 3 rings (SSSR count). The van der Waals surface area contributed by atoms with E-state index >= 15 is 0 Å². The molecule has 102 valence electrons. The van der Waals surface area contributed by atoms with E-state index in [1.807, 2.05) is 24.3 Å². The van der Waals surface area contributed by atoms with Crippen LogP contribution in [0.1, 0.15) is 39.7 Å². The molecule has 1 N–H and O–H groups in total. The molecule has 2 nitrogen and oxygen atoms in total. The first-order chi connectivity index (χ1) is 9.66. The molecule has 1 aliphatic rings. The highest BCUT2D eigenvalue weighted by atomic mass is 32.1. The maximum Gasteiger partial charge on any atom is 0.251 e. The van der Waals surface area contributed by atoms with Crippen LogP contribution in [-0.4, -0.2) is 12.5 Å². The van der Waals surface area contributed by atoms with Crippen LogP contribution in [0.2, 0.25) is 0 Å². The lowest BCUT2D eigenvalue weighted by atomic mass is 9.91. The summed E-state index contributed by atoms with van der Waals surface area (Å²) in [7, 11) is 0. The van der Waals surface area contributed by atoms with Gasteiger partial charge in [0.05, 0.1) is 0 Å². The van der Waals surface area contributed by atoms with Gasteiger partial charge in [0.1, 0.15) is 0 Å². The largest absolute Gasteiger partial charge is 0.352 e. The van der Waals surface area contributed by atoms with Gasteiger partial charge < -0.3 is 5.32 Å². The van der Waals surface area contributed by atoms with Crippen molar-refractivity contribution < 1.29 is 4.79 Å². The number of carbonyl (C=O) groups excluding carboxylic acids is 1. The van der Waals surface area contributed by atoms with Gasteiger partial charge in [0, 0.05) is 17.0 Å².